The molecular formula is C16H22N4S. The Bertz CT molecular complexity index is 543. The SMILES string of the molecule is C[C@@]1(CNCc2csnn2)CCCN1Cc1ccccc1. The van der Waals surface area contributed by atoms with Gasteiger partial charge < -0.3 is 5.32 Å². The Hall–Kier alpha value is -1.30. The summed E-state index contributed by atoms with van der Waals surface area (Å²) in [5, 5.41) is 9.64. The van der Waals surface area contributed by atoms with Gasteiger partial charge >= 0.3 is 0 Å². The van der Waals surface area contributed by atoms with Gasteiger partial charge in [0.2, 0.25) is 0 Å². The van der Waals surface area contributed by atoms with Gasteiger partial charge in [-0.3, -0.25) is 4.90 Å². The number of rotatable bonds is 6. The van der Waals surface area contributed by atoms with E-state index in [4.69, 9.17) is 0 Å². The first-order valence-corrected chi connectivity index (χ1v) is 8.36. The van der Waals surface area contributed by atoms with E-state index in [9.17, 15) is 0 Å². The number of aromatic nitrogens is 2. The minimum atomic E-state index is 0.235. The summed E-state index contributed by atoms with van der Waals surface area (Å²) in [6.07, 6.45) is 2.53. The van der Waals surface area contributed by atoms with Crippen molar-refractivity contribution in [2.45, 2.75) is 38.4 Å². The molecule has 1 atom stereocenters. The molecule has 1 aromatic heterocycles. The second-order valence-electron chi connectivity index (χ2n) is 6.01. The third-order valence-electron chi connectivity index (χ3n) is 4.34. The van der Waals surface area contributed by atoms with Crippen LogP contribution in [0.15, 0.2) is 35.7 Å². The molecule has 0 spiro atoms. The van der Waals surface area contributed by atoms with Crippen LogP contribution >= 0.6 is 11.5 Å². The summed E-state index contributed by atoms with van der Waals surface area (Å²) in [6, 6.07) is 10.8. The summed E-state index contributed by atoms with van der Waals surface area (Å²) in [5.41, 5.74) is 2.67. The summed E-state index contributed by atoms with van der Waals surface area (Å²) in [6.45, 7) is 6.40. The van der Waals surface area contributed by atoms with Crippen molar-refractivity contribution in [2.75, 3.05) is 13.1 Å². The number of hydrogen-bond acceptors (Lipinski definition) is 5. The number of nitrogens with zero attached hydrogens (tertiary/aromatic N) is 3. The van der Waals surface area contributed by atoms with Crippen molar-refractivity contribution in [1.29, 1.82) is 0 Å². The molecule has 1 saturated heterocycles. The van der Waals surface area contributed by atoms with Crippen LogP contribution in [0.1, 0.15) is 31.0 Å². The minimum absolute atomic E-state index is 0.235. The average molecular weight is 302 g/mol. The van der Waals surface area contributed by atoms with Crippen molar-refractivity contribution in [2.24, 2.45) is 0 Å². The van der Waals surface area contributed by atoms with Crippen LogP contribution in [-0.4, -0.2) is 33.1 Å². The predicted molar refractivity (Wildman–Crippen MR) is 86.1 cm³/mol. The molecule has 4 nitrogen and oxygen atoms in total. The zero-order chi connectivity index (χ0) is 14.5. The van der Waals surface area contributed by atoms with E-state index in [0.717, 1.165) is 25.3 Å². The van der Waals surface area contributed by atoms with Crippen molar-refractivity contribution in [3.05, 3.63) is 47.0 Å². The zero-order valence-electron chi connectivity index (χ0n) is 12.5. The topological polar surface area (TPSA) is 41.1 Å². The first-order chi connectivity index (χ1) is 10.3. The Balaban J connectivity index is 1.56. The van der Waals surface area contributed by atoms with Crippen LogP contribution in [0.4, 0.5) is 0 Å². The highest BCUT2D eigenvalue weighted by atomic mass is 32.1. The molecule has 0 saturated carbocycles. The fourth-order valence-electron chi connectivity index (χ4n) is 3.07. The molecule has 21 heavy (non-hydrogen) atoms. The van der Waals surface area contributed by atoms with Crippen LogP contribution in [0.2, 0.25) is 0 Å². The molecule has 2 aromatic rings. The van der Waals surface area contributed by atoms with E-state index in [2.05, 4.69) is 57.1 Å². The molecule has 0 radical (unpaired) electrons. The first-order valence-electron chi connectivity index (χ1n) is 7.52. The van der Waals surface area contributed by atoms with Gasteiger partial charge in [-0.1, -0.05) is 34.8 Å². The van der Waals surface area contributed by atoms with Gasteiger partial charge in [0, 0.05) is 30.6 Å². The van der Waals surface area contributed by atoms with Gasteiger partial charge in [-0.05, 0) is 43.4 Å². The Kier molecular flexibility index (Phi) is 4.63. The van der Waals surface area contributed by atoms with Crippen molar-refractivity contribution in [3.63, 3.8) is 0 Å². The van der Waals surface area contributed by atoms with Crippen LogP contribution in [-0.2, 0) is 13.1 Å². The second kappa shape index (κ2) is 6.64. The standard InChI is InChI=1S/C16H22N4S/c1-16(13-17-10-15-12-21-19-18-15)8-5-9-20(16)11-14-6-3-2-4-7-14/h2-4,6-7,12,17H,5,8-11,13H2,1H3/t16-/m0/s1. The van der Waals surface area contributed by atoms with E-state index in [1.807, 2.05) is 5.38 Å². The van der Waals surface area contributed by atoms with Crippen LogP contribution in [0.5, 0.6) is 0 Å². The molecule has 1 aliphatic heterocycles. The van der Waals surface area contributed by atoms with Gasteiger partial charge in [0.05, 0.1) is 5.69 Å². The summed E-state index contributed by atoms with van der Waals surface area (Å²) < 4.78 is 3.90. The van der Waals surface area contributed by atoms with E-state index in [0.29, 0.717) is 0 Å². The van der Waals surface area contributed by atoms with Crippen molar-refractivity contribution >= 4 is 11.5 Å². The molecule has 2 heterocycles. The van der Waals surface area contributed by atoms with Gasteiger partial charge in [-0.25, -0.2) is 0 Å². The highest BCUT2D eigenvalue weighted by Gasteiger charge is 2.35. The minimum Gasteiger partial charge on any atom is -0.309 e. The lowest BCUT2D eigenvalue weighted by molar-refractivity contribution is 0.144. The molecule has 1 aliphatic rings. The highest BCUT2D eigenvalue weighted by Crippen LogP contribution is 2.30. The molecule has 0 aliphatic carbocycles. The highest BCUT2D eigenvalue weighted by molar-refractivity contribution is 7.03. The van der Waals surface area contributed by atoms with E-state index in [1.165, 1.54) is 36.5 Å². The maximum Gasteiger partial charge on any atom is 0.0893 e. The smallest absolute Gasteiger partial charge is 0.0893 e. The third-order valence-corrected chi connectivity index (χ3v) is 4.89. The fraction of sp³-hybridized carbons (Fsp3) is 0.500. The van der Waals surface area contributed by atoms with E-state index in [1.54, 1.807) is 0 Å². The van der Waals surface area contributed by atoms with Gasteiger partial charge in [-0.15, -0.1) is 5.10 Å². The lowest BCUT2D eigenvalue weighted by atomic mass is 9.98. The third kappa shape index (κ3) is 3.67. The second-order valence-corrected chi connectivity index (χ2v) is 6.62. The summed E-state index contributed by atoms with van der Waals surface area (Å²) in [4.78, 5) is 2.61. The van der Waals surface area contributed by atoms with Crippen LogP contribution in [0.3, 0.4) is 0 Å². The molecule has 3 rings (SSSR count). The monoisotopic (exact) mass is 302 g/mol. The van der Waals surface area contributed by atoms with E-state index in [-0.39, 0.29) is 5.54 Å². The molecule has 1 aromatic carbocycles. The Labute approximate surface area is 130 Å². The largest absolute Gasteiger partial charge is 0.309 e. The molecule has 1 fully saturated rings. The quantitative estimate of drug-likeness (QED) is 0.891. The maximum absolute atomic E-state index is 4.08. The molecule has 1 N–H and O–H groups in total. The Morgan fingerprint density at radius 1 is 1.33 bits per heavy atom. The van der Waals surface area contributed by atoms with Crippen molar-refractivity contribution in [3.8, 4) is 0 Å². The molecule has 112 valence electrons. The molecular weight excluding hydrogens is 280 g/mol. The van der Waals surface area contributed by atoms with Crippen molar-refractivity contribution in [1.82, 2.24) is 19.8 Å². The summed E-state index contributed by atoms with van der Waals surface area (Å²) >= 11 is 1.41. The lowest BCUT2D eigenvalue weighted by Crippen LogP contribution is -2.48. The van der Waals surface area contributed by atoms with Crippen LogP contribution < -0.4 is 5.32 Å². The number of benzene rings is 1. The lowest BCUT2D eigenvalue weighted by Gasteiger charge is -2.35. The Morgan fingerprint density at radius 2 is 2.19 bits per heavy atom. The maximum atomic E-state index is 4.08. The van der Waals surface area contributed by atoms with Crippen molar-refractivity contribution < 1.29 is 0 Å². The first kappa shape index (κ1) is 14.6. The fourth-order valence-corrected chi connectivity index (χ4v) is 3.52. The average Bonchev–Trinajstić information content (AvgIpc) is 3.12. The predicted octanol–water partition coefficient (Wildman–Crippen LogP) is 2.68. The molecule has 0 unspecified atom stereocenters. The zero-order valence-corrected chi connectivity index (χ0v) is 13.3. The summed E-state index contributed by atoms with van der Waals surface area (Å²) in [7, 11) is 0. The van der Waals surface area contributed by atoms with Gasteiger partial charge in [0.15, 0.2) is 0 Å². The molecule has 5 heteroatoms. The number of hydrogen-bond donors (Lipinski definition) is 1. The van der Waals surface area contributed by atoms with Gasteiger partial charge in [0.1, 0.15) is 0 Å². The normalized spacial score (nSPS) is 22.7. The van der Waals surface area contributed by atoms with Gasteiger partial charge in [0.25, 0.3) is 0 Å². The van der Waals surface area contributed by atoms with Gasteiger partial charge in [-0.2, -0.15) is 0 Å². The number of likely N-dealkylation sites (tertiary alicyclic amines) is 1. The van der Waals surface area contributed by atoms with Crippen LogP contribution in [0, 0.1) is 0 Å². The molecule has 0 amide bonds. The summed E-state index contributed by atoms with van der Waals surface area (Å²) in [5.74, 6) is 0. The van der Waals surface area contributed by atoms with E-state index < -0.39 is 0 Å². The number of nitrogens with one attached hydrogen (secondary N) is 1. The van der Waals surface area contributed by atoms with E-state index >= 15 is 0 Å². The van der Waals surface area contributed by atoms with Crippen LogP contribution in [0.25, 0.3) is 0 Å². The Morgan fingerprint density at radius 3 is 2.95 bits per heavy atom. The molecule has 0 bridgehead atoms.